The molecule has 114 valence electrons. The number of hydrogen-bond acceptors (Lipinski definition) is 4. The summed E-state index contributed by atoms with van der Waals surface area (Å²) in [7, 11) is 0. The van der Waals surface area contributed by atoms with Crippen LogP contribution in [0.4, 0.5) is 11.8 Å². The number of hydrogen-bond donors (Lipinski definition) is 1. The van der Waals surface area contributed by atoms with E-state index >= 15 is 0 Å². The van der Waals surface area contributed by atoms with Crippen LogP contribution < -0.4 is 10.6 Å². The molecule has 0 fully saturated rings. The minimum absolute atomic E-state index is 0.405. The van der Waals surface area contributed by atoms with Gasteiger partial charge in [-0.2, -0.15) is 0 Å². The van der Waals surface area contributed by atoms with Gasteiger partial charge in [-0.15, -0.1) is 0 Å². The van der Waals surface area contributed by atoms with Crippen molar-refractivity contribution in [2.75, 3.05) is 23.7 Å². The zero-order valence-corrected chi connectivity index (χ0v) is 13.1. The summed E-state index contributed by atoms with van der Waals surface area (Å²) in [6.45, 7) is 6.55. The third-order valence-corrected chi connectivity index (χ3v) is 4.52. The normalized spacial score (nSPS) is 17.5. The summed E-state index contributed by atoms with van der Waals surface area (Å²) in [4.78, 5) is 11.7. The maximum Gasteiger partial charge on any atom is 0.207 e. The van der Waals surface area contributed by atoms with Gasteiger partial charge < -0.3 is 15.2 Å². The number of para-hydroxylation sites is 1. The Morgan fingerprint density at radius 2 is 2.09 bits per heavy atom. The number of fused-ring (bicyclic) bond motifs is 5. The molecule has 4 rings (SSSR count). The van der Waals surface area contributed by atoms with Crippen LogP contribution in [-0.2, 0) is 0 Å². The molecule has 0 aliphatic carbocycles. The third kappa shape index (κ3) is 1.78. The Balaban J connectivity index is 2.00. The van der Waals surface area contributed by atoms with Crippen molar-refractivity contribution in [2.24, 2.45) is 0 Å². The molecule has 0 saturated carbocycles. The van der Waals surface area contributed by atoms with Crippen LogP contribution >= 0.6 is 0 Å². The van der Waals surface area contributed by atoms with E-state index in [-0.39, 0.29) is 0 Å². The van der Waals surface area contributed by atoms with Crippen molar-refractivity contribution in [3.63, 3.8) is 0 Å². The van der Waals surface area contributed by atoms with Crippen molar-refractivity contribution in [2.45, 2.75) is 32.7 Å². The monoisotopic (exact) mass is 295 g/mol. The topological polar surface area (TPSA) is 60.0 Å². The predicted molar refractivity (Wildman–Crippen MR) is 91.3 cm³/mol. The Labute approximate surface area is 129 Å². The maximum atomic E-state index is 6.17. The number of rotatable bonds is 3. The van der Waals surface area contributed by atoms with Crippen molar-refractivity contribution in [1.29, 1.82) is 0 Å². The smallest absolute Gasteiger partial charge is 0.207 e. The number of nitrogens with zero attached hydrogens (tertiary/aromatic N) is 4. The van der Waals surface area contributed by atoms with E-state index in [0.29, 0.717) is 11.9 Å². The van der Waals surface area contributed by atoms with Crippen LogP contribution in [0.2, 0.25) is 0 Å². The fourth-order valence-electron chi connectivity index (χ4n) is 3.47. The van der Waals surface area contributed by atoms with E-state index in [1.54, 1.807) is 0 Å². The highest BCUT2D eigenvalue weighted by molar-refractivity contribution is 6.07. The average Bonchev–Trinajstić information content (AvgIpc) is 3.05. The molecule has 1 aliphatic rings. The molecule has 2 N–H and O–H groups in total. The molecule has 0 bridgehead atoms. The summed E-state index contributed by atoms with van der Waals surface area (Å²) >= 11 is 0. The SMILES string of the molecule is CCCCN1CC(C)n2c1nc1c(N)nc3ccccc3c12. The molecule has 5 heteroatoms. The molecule has 2 aromatic heterocycles. The standard InChI is InChI=1S/C17H21N5/c1-3-4-9-21-10-11(2)22-15-12-7-5-6-8-13(12)19-16(18)14(15)20-17(21)22/h5-8,11H,3-4,9-10H2,1-2H3,(H2,18,19). The second-order valence-corrected chi connectivity index (χ2v) is 6.14. The Kier molecular flexibility index (Phi) is 2.96. The number of pyridine rings is 1. The molecule has 0 amide bonds. The lowest BCUT2D eigenvalue weighted by molar-refractivity contribution is 0.621. The Hall–Kier alpha value is -2.30. The highest BCUT2D eigenvalue weighted by Crippen LogP contribution is 2.38. The lowest BCUT2D eigenvalue weighted by Gasteiger charge is -2.15. The minimum atomic E-state index is 0.405. The van der Waals surface area contributed by atoms with Gasteiger partial charge in [0, 0.05) is 18.5 Å². The van der Waals surface area contributed by atoms with Gasteiger partial charge in [-0.3, -0.25) is 0 Å². The van der Waals surface area contributed by atoms with Gasteiger partial charge in [-0.05, 0) is 19.4 Å². The largest absolute Gasteiger partial charge is 0.382 e. The Morgan fingerprint density at radius 3 is 2.91 bits per heavy atom. The number of benzene rings is 1. The fraction of sp³-hybridized carbons (Fsp3) is 0.412. The second kappa shape index (κ2) is 4.87. The number of unbranched alkanes of at least 4 members (excludes halogenated alkanes) is 1. The quantitative estimate of drug-likeness (QED) is 0.805. The molecule has 3 aromatic rings. The number of nitrogen functional groups attached to an aromatic ring is 1. The number of imidazole rings is 1. The van der Waals surface area contributed by atoms with Gasteiger partial charge in [0.05, 0.1) is 17.1 Å². The van der Waals surface area contributed by atoms with Crippen molar-refractivity contribution < 1.29 is 0 Å². The lowest BCUT2D eigenvalue weighted by atomic mass is 10.1. The van der Waals surface area contributed by atoms with E-state index in [0.717, 1.165) is 41.0 Å². The molecular weight excluding hydrogens is 274 g/mol. The van der Waals surface area contributed by atoms with Gasteiger partial charge in [-0.1, -0.05) is 31.5 Å². The van der Waals surface area contributed by atoms with Crippen molar-refractivity contribution in [3.05, 3.63) is 24.3 Å². The van der Waals surface area contributed by atoms with Gasteiger partial charge in [0.15, 0.2) is 5.82 Å². The van der Waals surface area contributed by atoms with Crippen LogP contribution in [0.1, 0.15) is 32.7 Å². The van der Waals surface area contributed by atoms with Gasteiger partial charge in [0.25, 0.3) is 0 Å². The predicted octanol–water partition coefficient (Wildman–Crippen LogP) is 3.35. The second-order valence-electron chi connectivity index (χ2n) is 6.14. The van der Waals surface area contributed by atoms with E-state index < -0.39 is 0 Å². The Bertz CT molecular complexity index is 851. The van der Waals surface area contributed by atoms with Gasteiger partial charge >= 0.3 is 0 Å². The van der Waals surface area contributed by atoms with Crippen LogP contribution in [0.15, 0.2) is 24.3 Å². The summed E-state index contributed by atoms with van der Waals surface area (Å²) in [5, 5.41) is 1.13. The zero-order valence-electron chi connectivity index (χ0n) is 13.1. The molecule has 1 atom stereocenters. The summed E-state index contributed by atoms with van der Waals surface area (Å²) in [6, 6.07) is 8.58. The first-order valence-corrected chi connectivity index (χ1v) is 8.01. The van der Waals surface area contributed by atoms with Crippen LogP contribution in [-0.4, -0.2) is 27.6 Å². The minimum Gasteiger partial charge on any atom is -0.382 e. The third-order valence-electron chi connectivity index (χ3n) is 4.52. The summed E-state index contributed by atoms with van der Waals surface area (Å²) < 4.78 is 2.34. The molecule has 22 heavy (non-hydrogen) atoms. The first-order chi connectivity index (χ1) is 10.7. The molecule has 1 aliphatic heterocycles. The van der Waals surface area contributed by atoms with Gasteiger partial charge in [0.2, 0.25) is 5.95 Å². The van der Waals surface area contributed by atoms with Crippen LogP contribution in [0.5, 0.6) is 0 Å². The summed E-state index contributed by atoms with van der Waals surface area (Å²) in [6.07, 6.45) is 2.38. The van der Waals surface area contributed by atoms with Crippen LogP contribution in [0, 0.1) is 0 Å². The highest BCUT2D eigenvalue weighted by Gasteiger charge is 2.30. The molecule has 0 radical (unpaired) electrons. The van der Waals surface area contributed by atoms with Crippen molar-refractivity contribution >= 4 is 33.7 Å². The van der Waals surface area contributed by atoms with Crippen LogP contribution in [0.25, 0.3) is 21.9 Å². The summed E-state index contributed by atoms with van der Waals surface area (Å²) in [5.74, 6) is 1.57. The van der Waals surface area contributed by atoms with Gasteiger partial charge in [-0.25, -0.2) is 9.97 Å². The van der Waals surface area contributed by atoms with Gasteiger partial charge in [0.1, 0.15) is 5.52 Å². The maximum absolute atomic E-state index is 6.17. The number of nitrogens with two attached hydrogens (primary N) is 1. The fourth-order valence-corrected chi connectivity index (χ4v) is 3.47. The molecule has 0 spiro atoms. The van der Waals surface area contributed by atoms with Crippen molar-refractivity contribution in [1.82, 2.24) is 14.5 Å². The molecule has 3 heterocycles. The van der Waals surface area contributed by atoms with Crippen molar-refractivity contribution in [3.8, 4) is 0 Å². The first kappa shape index (κ1) is 13.4. The Morgan fingerprint density at radius 1 is 1.27 bits per heavy atom. The number of anilines is 2. The molecule has 0 saturated heterocycles. The number of aromatic nitrogens is 3. The van der Waals surface area contributed by atoms with E-state index in [9.17, 15) is 0 Å². The van der Waals surface area contributed by atoms with E-state index in [1.807, 2.05) is 18.2 Å². The molecule has 1 unspecified atom stereocenters. The zero-order chi connectivity index (χ0) is 15.3. The van der Waals surface area contributed by atoms with E-state index in [2.05, 4.69) is 34.4 Å². The highest BCUT2D eigenvalue weighted by atomic mass is 15.4. The molecule has 5 nitrogen and oxygen atoms in total. The molecular formula is C17H21N5. The average molecular weight is 295 g/mol. The van der Waals surface area contributed by atoms with Crippen LogP contribution in [0.3, 0.4) is 0 Å². The lowest BCUT2D eigenvalue weighted by Crippen LogP contribution is -2.23. The first-order valence-electron chi connectivity index (χ1n) is 8.01. The van der Waals surface area contributed by atoms with E-state index in [4.69, 9.17) is 10.7 Å². The molecule has 1 aromatic carbocycles. The van der Waals surface area contributed by atoms with E-state index in [1.165, 1.54) is 12.8 Å². The summed E-state index contributed by atoms with van der Waals surface area (Å²) in [5.41, 5.74) is 9.07.